The first-order valence-corrected chi connectivity index (χ1v) is 6.72. The molecule has 0 rings (SSSR count). The molecule has 7 nitrogen and oxygen atoms in total. The molecular formula is C12H15O7P. The molecule has 0 atom stereocenters. The molecule has 0 saturated carbocycles. The molecule has 0 bridgehead atoms. The number of phosphoric ester groups is 1. The monoisotopic (exact) mass is 302 g/mol. The third-order valence-corrected chi connectivity index (χ3v) is 2.70. The van der Waals surface area contributed by atoms with Crippen LogP contribution < -0.4 is 0 Å². The second kappa shape index (κ2) is 12.7. The normalized spacial score (nSPS) is 10.4. The molecular weight excluding hydrogens is 287 g/mol. The maximum absolute atomic E-state index is 12.0. The van der Waals surface area contributed by atoms with E-state index in [1.165, 1.54) is 0 Å². The van der Waals surface area contributed by atoms with Crippen molar-refractivity contribution >= 4 is 7.82 Å². The summed E-state index contributed by atoms with van der Waals surface area (Å²) in [6.45, 7) is -1.19. The van der Waals surface area contributed by atoms with Crippen LogP contribution in [0.3, 0.4) is 0 Å². The number of hydrogen-bond donors (Lipinski definition) is 0. The van der Waals surface area contributed by atoms with Crippen molar-refractivity contribution < 1.29 is 32.3 Å². The maximum atomic E-state index is 12.0. The Morgan fingerprint density at radius 1 is 0.700 bits per heavy atom. The van der Waals surface area contributed by atoms with Gasteiger partial charge in [0.05, 0.1) is 0 Å². The van der Waals surface area contributed by atoms with Crippen molar-refractivity contribution in [3.05, 3.63) is 0 Å². The smallest absolute Gasteiger partial charge is 0.342 e. The number of hydrogen-bond acceptors (Lipinski definition) is 7. The summed E-state index contributed by atoms with van der Waals surface area (Å²) in [5.74, 6) is 6.62. The molecule has 0 aromatic carbocycles. The zero-order chi connectivity index (χ0) is 15.1. The maximum Gasteiger partial charge on any atom is 0.481 e. The van der Waals surface area contributed by atoms with Gasteiger partial charge in [-0.3, -0.25) is 13.6 Å². The minimum absolute atomic E-state index is 0.0127. The van der Waals surface area contributed by atoms with Crippen molar-refractivity contribution in [3.8, 4) is 37.0 Å². The van der Waals surface area contributed by atoms with Crippen LogP contribution in [-0.4, -0.2) is 40.2 Å². The van der Waals surface area contributed by atoms with Gasteiger partial charge in [0.15, 0.2) is 20.4 Å². The molecule has 0 aliphatic rings. The fourth-order valence-electron chi connectivity index (χ4n) is 0.719. The fourth-order valence-corrected chi connectivity index (χ4v) is 1.55. The van der Waals surface area contributed by atoms with Gasteiger partial charge in [-0.2, -0.15) is 0 Å². The van der Waals surface area contributed by atoms with Crippen LogP contribution in [0.15, 0.2) is 0 Å². The second-order valence-electron chi connectivity index (χ2n) is 2.85. The number of terminal acetylenes is 3. The zero-order valence-corrected chi connectivity index (χ0v) is 11.7. The van der Waals surface area contributed by atoms with Crippen molar-refractivity contribution in [2.75, 3.05) is 40.2 Å². The van der Waals surface area contributed by atoms with Crippen molar-refractivity contribution in [3.63, 3.8) is 0 Å². The van der Waals surface area contributed by atoms with Crippen LogP contribution in [0.2, 0.25) is 0 Å². The van der Waals surface area contributed by atoms with E-state index in [4.69, 9.17) is 47.1 Å². The second-order valence-corrected chi connectivity index (χ2v) is 4.51. The molecule has 0 heterocycles. The Balaban J connectivity index is 4.14. The number of ether oxygens (including phenoxy) is 3. The summed E-state index contributed by atoms with van der Waals surface area (Å²) in [4.78, 5) is 0. The molecule has 0 N–H and O–H groups in total. The van der Waals surface area contributed by atoms with E-state index in [1.54, 1.807) is 0 Å². The summed E-state index contributed by atoms with van der Waals surface area (Å²) >= 11 is 0. The first kappa shape index (κ1) is 18.7. The van der Waals surface area contributed by atoms with Gasteiger partial charge in [0.2, 0.25) is 0 Å². The highest BCUT2D eigenvalue weighted by Crippen LogP contribution is 2.49. The van der Waals surface area contributed by atoms with Crippen LogP contribution in [-0.2, 0) is 32.3 Å². The van der Waals surface area contributed by atoms with Gasteiger partial charge in [-0.1, -0.05) is 17.8 Å². The highest BCUT2D eigenvalue weighted by Gasteiger charge is 2.27. The predicted molar refractivity (Wildman–Crippen MR) is 69.8 cm³/mol. The molecule has 0 radical (unpaired) electrons. The zero-order valence-electron chi connectivity index (χ0n) is 10.8. The van der Waals surface area contributed by atoms with Crippen LogP contribution >= 0.6 is 7.82 Å². The Morgan fingerprint density at radius 3 is 1.25 bits per heavy atom. The van der Waals surface area contributed by atoms with Gasteiger partial charge in [0, 0.05) is 0 Å². The molecule has 8 heteroatoms. The van der Waals surface area contributed by atoms with E-state index in [-0.39, 0.29) is 40.2 Å². The van der Waals surface area contributed by atoms with Gasteiger partial charge < -0.3 is 14.2 Å². The molecule has 0 fully saturated rings. The van der Waals surface area contributed by atoms with Crippen molar-refractivity contribution in [1.29, 1.82) is 0 Å². The van der Waals surface area contributed by atoms with Crippen LogP contribution in [0.25, 0.3) is 0 Å². The summed E-state index contributed by atoms with van der Waals surface area (Å²) < 4.78 is 40.9. The standard InChI is InChI=1S/C12H15O7P/c1-4-7-14-10-17-20(13,18-11-15-8-5-2)19-12-16-9-6-3/h1-3H,7-12H2. The van der Waals surface area contributed by atoms with Crippen LogP contribution in [0.1, 0.15) is 0 Å². The summed E-state index contributed by atoms with van der Waals surface area (Å²) in [7, 11) is -3.92. The lowest BCUT2D eigenvalue weighted by molar-refractivity contribution is -0.0596. The minimum atomic E-state index is -3.92. The van der Waals surface area contributed by atoms with Gasteiger partial charge in [-0.15, -0.1) is 19.3 Å². The van der Waals surface area contributed by atoms with E-state index in [1.807, 2.05) is 0 Å². The third kappa shape index (κ3) is 10.6. The van der Waals surface area contributed by atoms with E-state index in [0.717, 1.165) is 0 Å². The van der Waals surface area contributed by atoms with Gasteiger partial charge in [-0.05, 0) is 0 Å². The molecule has 0 aliphatic carbocycles. The lowest BCUT2D eigenvalue weighted by Gasteiger charge is -2.17. The predicted octanol–water partition coefficient (Wildman–Crippen LogP) is 0.966. The highest BCUT2D eigenvalue weighted by molar-refractivity contribution is 7.48. The molecule has 0 amide bonds. The minimum Gasteiger partial charge on any atom is -0.342 e. The fraction of sp³-hybridized carbons (Fsp3) is 0.500. The molecule has 0 aromatic rings. The lowest BCUT2D eigenvalue weighted by Crippen LogP contribution is -2.09. The number of rotatable bonds is 12. The highest BCUT2D eigenvalue weighted by atomic mass is 31.2. The van der Waals surface area contributed by atoms with Crippen LogP contribution in [0, 0.1) is 37.0 Å². The summed E-state index contributed by atoms with van der Waals surface area (Å²) in [6.07, 6.45) is 14.9. The van der Waals surface area contributed by atoms with Gasteiger partial charge >= 0.3 is 7.82 Å². The van der Waals surface area contributed by atoms with Gasteiger partial charge in [-0.25, -0.2) is 4.57 Å². The molecule has 0 aromatic heterocycles. The topological polar surface area (TPSA) is 72.5 Å². The summed E-state index contributed by atoms with van der Waals surface area (Å²) in [5, 5.41) is 0. The Kier molecular flexibility index (Phi) is 11.8. The number of phosphoric acid groups is 1. The Hall–Kier alpha value is -1.33. The molecule has 20 heavy (non-hydrogen) atoms. The first-order chi connectivity index (χ1) is 9.68. The Bertz CT molecular complexity index is 353. The average molecular weight is 302 g/mol. The van der Waals surface area contributed by atoms with Crippen molar-refractivity contribution in [1.82, 2.24) is 0 Å². The van der Waals surface area contributed by atoms with E-state index < -0.39 is 7.82 Å². The van der Waals surface area contributed by atoms with Crippen molar-refractivity contribution in [2.45, 2.75) is 0 Å². The Labute approximate surface area is 118 Å². The van der Waals surface area contributed by atoms with E-state index >= 15 is 0 Å². The third-order valence-electron chi connectivity index (χ3n) is 1.44. The lowest BCUT2D eigenvalue weighted by atomic mass is 10.8. The molecule has 0 aliphatic heterocycles. The van der Waals surface area contributed by atoms with Crippen molar-refractivity contribution in [2.24, 2.45) is 0 Å². The van der Waals surface area contributed by atoms with E-state index in [2.05, 4.69) is 17.8 Å². The molecule has 0 unspecified atom stereocenters. The largest absolute Gasteiger partial charge is 0.481 e. The summed E-state index contributed by atoms with van der Waals surface area (Å²) in [5.41, 5.74) is 0. The molecule has 0 spiro atoms. The SMILES string of the molecule is C#CCOCOP(=O)(OCOCC#C)OCOCC#C. The van der Waals surface area contributed by atoms with Crippen LogP contribution in [0.4, 0.5) is 0 Å². The van der Waals surface area contributed by atoms with Gasteiger partial charge in [0.1, 0.15) is 19.8 Å². The molecule has 110 valence electrons. The average Bonchev–Trinajstić information content (AvgIpc) is 2.45. The van der Waals surface area contributed by atoms with E-state index in [9.17, 15) is 4.57 Å². The first-order valence-electron chi connectivity index (χ1n) is 5.26. The molecule has 0 saturated heterocycles. The quantitative estimate of drug-likeness (QED) is 0.230. The van der Waals surface area contributed by atoms with E-state index in [0.29, 0.717) is 0 Å². The van der Waals surface area contributed by atoms with Crippen LogP contribution in [0.5, 0.6) is 0 Å². The Morgan fingerprint density at radius 2 is 1.00 bits per heavy atom. The van der Waals surface area contributed by atoms with Gasteiger partial charge in [0.25, 0.3) is 0 Å². The summed E-state index contributed by atoms with van der Waals surface area (Å²) in [6, 6.07) is 0.